The summed E-state index contributed by atoms with van der Waals surface area (Å²) in [4.78, 5) is 8.79. The molecule has 0 bridgehead atoms. The Balaban J connectivity index is 2.39. The first kappa shape index (κ1) is 11.3. The number of benzene rings is 1. The van der Waals surface area contributed by atoms with Crippen molar-refractivity contribution in [2.75, 3.05) is 17.7 Å². The molecule has 0 spiro atoms. The van der Waals surface area contributed by atoms with Crippen LogP contribution < -0.4 is 10.6 Å². The molecule has 0 saturated heterocycles. The molecule has 1 aromatic heterocycles. The van der Waals surface area contributed by atoms with Gasteiger partial charge in [0, 0.05) is 12.7 Å². The average molecular weight is 236 g/mol. The zero-order valence-corrected chi connectivity index (χ0v) is 9.06. The third kappa shape index (κ3) is 2.30. The molecule has 0 unspecified atom stereocenters. The van der Waals surface area contributed by atoms with Crippen LogP contribution in [0.4, 0.5) is 26.2 Å². The van der Waals surface area contributed by atoms with Gasteiger partial charge < -0.3 is 10.6 Å². The van der Waals surface area contributed by atoms with Crippen molar-refractivity contribution in [3.8, 4) is 0 Å². The molecule has 0 aliphatic rings. The molecule has 1 heterocycles. The minimum Gasteiger partial charge on any atom is -0.368 e. The maximum atomic E-state index is 13.5. The standard InChI is InChI=1S/C11H10F2N4/c1-17(8-4-2-7(12)3-5-8)10-9(13)6-15-11(14)16-10/h2-6H,1H3,(H2,14,15,16). The van der Waals surface area contributed by atoms with Gasteiger partial charge in [-0.3, -0.25) is 0 Å². The van der Waals surface area contributed by atoms with Crippen LogP contribution in [0.2, 0.25) is 0 Å². The molecule has 0 saturated carbocycles. The van der Waals surface area contributed by atoms with Crippen molar-refractivity contribution < 1.29 is 8.78 Å². The van der Waals surface area contributed by atoms with Gasteiger partial charge in [0.2, 0.25) is 5.95 Å². The average Bonchev–Trinajstić information content (AvgIpc) is 2.32. The highest BCUT2D eigenvalue weighted by atomic mass is 19.1. The van der Waals surface area contributed by atoms with Crippen LogP contribution >= 0.6 is 0 Å². The first-order valence-electron chi connectivity index (χ1n) is 4.85. The zero-order chi connectivity index (χ0) is 12.4. The predicted molar refractivity (Wildman–Crippen MR) is 60.9 cm³/mol. The Morgan fingerprint density at radius 1 is 1.18 bits per heavy atom. The normalized spacial score (nSPS) is 10.3. The van der Waals surface area contributed by atoms with Crippen molar-refractivity contribution >= 4 is 17.5 Å². The molecule has 17 heavy (non-hydrogen) atoms. The van der Waals surface area contributed by atoms with Crippen molar-refractivity contribution in [3.63, 3.8) is 0 Å². The molecule has 4 nitrogen and oxygen atoms in total. The first-order chi connectivity index (χ1) is 8.08. The Kier molecular flexibility index (Phi) is 2.86. The van der Waals surface area contributed by atoms with E-state index in [-0.39, 0.29) is 17.6 Å². The van der Waals surface area contributed by atoms with Gasteiger partial charge >= 0.3 is 0 Å². The monoisotopic (exact) mass is 236 g/mol. The number of nitrogens with zero attached hydrogens (tertiary/aromatic N) is 3. The van der Waals surface area contributed by atoms with Crippen LogP contribution in [0, 0.1) is 11.6 Å². The highest BCUT2D eigenvalue weighted by Gasteiger charge is 2.12. The maximum absolute atomic E-state index is 13.5. The Hall–Kier alpha value is -2.24. The summed E-state index contributed by atoms with van der Waals surface area (Å²) in [6.45, 7) is 0. The summed E-state index contributed by atoms with van der Waals surface area (Å²) in [5, 5.41) is 0. The summed E-state index contributed by atoms with van der Waals surface area (Å²) in [6, 6.07) is 5.61. The maximum Gasteiger partial charge on any atom is 0.222 e. The molecule has 6 heteroatoms. The highest BCUT2D eigenvalue weighted by molar-refractivity contribution is 5.59. The Morgan fingerprint density at radius 3 is 2.47 bits per heavy atom. The predicted octanol–water partition coefficient (Wildman–Crippen LogP) is 2.10. The summed E-state index contributed by atoms with van der Waals surface area (Å²) < 4.78 is 26.2. The fraction of sp³-hybridized carbons (Fsp3) is 0.0909. The Bertz CT molecular complexity index is 527. The fourth-order valence-electron chi connectivity index (χ4n) is 1.39. The van der Waals surface area contributed by atoms with Crippen LogP contribution in [0.25, 0.3) is 0 Å². The topological polar surface area (TPSA) is 55.0 Å². The minimum atomic E-state index is -0.592. The molecule has 0 fully saturated rings. The molecule has 0 aliphatic heterocycles. The lowest BCUT2D eigenvalue weighted by Gasteiger charge is -2.18. The van der Waals surface area contributed by atoms with Gasteiger partial charge in [-0.25, -0.2) is 13.8 Å². The largest absolute Gasteiger partial charge is 0.368 e. The zero-order valence-electron chi connectivity index (χ0n) is 9.06. The highest BCUT2D eigenvalue weighted by Crippen LogP contribution is 2.24. The van der Waals surface area contributed by atoms with Gasteiger partial charge in [-0.05, 0) is 24.3 Å². The minimum absolute atomic E-state index is 0.0182. The Labute approximate surface area is 96.7 Å². The van der Waals surface area contributed by atoms with Gasteiger partial charge in [0.05, 0.1) is 6.20 Å². The lowest BCUT2D eigenvalue weighted by Crippen LogP contribution is -2.14. The number of hydrogen-bond donors (Lipinski definition) is 1. The van der Waals surface area contributed by atoms with Crippen molar-refractivity contribution in [2.45, 2.75) is 0 Å². The smallest absolute Gasteiger partial charge is 0.222 e. The van der Waals surface area contributed by atoms with E-state index >= 15 is 0 Å². The lowest BCUT2D eigenvalue weighted by molar-refractivity contribution is 0.614. The SMILES string of the molecule is CN(c1ccc(F)cc1)c1nc(N)ncc1F. The van der Waals surface area contributed by atoms with E-state index < -0.39 is 5.82 Å². The van der Waals surface area contributed by atoms with Crippen LogP contribution in [0.5, 0.6) is 0 Å². The van der Waals surface area contributed by atoms with E-state index in [1.807, 2.05) is 0 Å². The van der Waals surface area contributed by atoms with Crippen LogP contribution in [0.1, 0.15) is 0 Å². The van der Waals surface area contributed by atoms with Gasteiger partial charge in [0.25, 0.3) is 0 Å². The molecular formula is C11H10F2N4. The van der Waals surface area contributed by atoms with E-state index in [9.17, 15) is 8.78 Å². The van der Waals surface area contributed by atoms with E-state index in [2.05, 4.69) is 9.97 Å². The summed E-state index contributed by atoms with van der Waals surface area (Å²) >= 11 is 0. The van der Waals surface area contributed by atoms with Crippen molar-refractivity contribution in [3.05, 3.63) is 42.1 Å². The van der Waals surface area contributed by atoms with Gasteiger partial charge in [0.1, 0.15) is 5.82 Å². The van der Waals surface area contributed by atoms with Crippen molar-refractivity contribution in [2.24, 2.45) is 0 Å². The van der Waals surface area contributed by atoms with Crippen LogP contribution in [-0.4, -0.2) is 17.0 Å². The molecule has 0 radical (unpaired) electrons. The van der Waals surface area contributed by atoms with Gasteiger partial charge in [0.15, 0.2) is 11.6 Å². The molecular weight excluding hydrogens is 226 g/mol. The van der Waals surface area contributed by atoms with Crippen LogP contribution in [0.3, 0.4) is 0 Å². The second-order valence-corrected chi connectivity index (χ2v) is 3.44. The molecule has 1 aromatic carbocycles. The number of nitrogens with two attached hydrogens (primary N) is 1. The molecule has 2 rings (SSSR count). The Morgan fingerprint density at radius 2 is 1.82 bits per heavy atom. The number of halogens is 2. The summed E-state index contributed by atoms with van der Waals surface area (Å²) in [6.07, 6.45) is 0.998. The van der Waals surface area contributed by atoms with Crippen molar-refractivity contribution in [1.82, 2.24) is 9.97 Å². The summed E-state index contributed by atoms with van der Waals surface area (Å²) in [7, 11) is 1.61. The van der Waals surface area contributed by atoms with E-state index in [4.69, 9.17) is 5.73 Å². The van der Waals surface area contributed by atoms with Gasteiger partial charge in [-0.2, -0.15) is 4.98 Å². The number of nitrogen functional groups attached to an aromatic ring is 1. The van der Waals surface area contributed by atoms with E-state index in [1.54, 1.807) is 7.05 Å². The molecule has 0 atom stereocenters. The summed E-state index contributed by atoms with van der Waals surface area (Å²) in [5.41, 5.74) is 5.99. The molecule has 2 N–H and O–H groups in total. The van der Waals surface area contributed by atoms with Gasteiger partial charge in [-0.15, -0.1) is 0 Å². The van der Waals surface area contributed by atoms with Crippen LogP contribution in [0.15, 0.2) is 30.5 Å². The number of anilines is 3. The molecule has 0 aliphatic carbocycles. The van der Waals surface area contributed by atoms with E-state index in [0.717, 1.165) is 6.20 Å². The molecule has 2 aromatic rings. The van der Waals surface area contributed by atoms with E-state index in [1.165, 1.54) is 29.2 Å². The lowest BCUT2D eigenvalue weighted by atomic mass is 10.3. The molecule has 88 valence electrons. The van der Waals surface area contributed by atoms with Gasteiger partial charge in [-0.1, -0.05) is 0 Å². The number of rotatable bonds is 2. The fourth-order valence-corrected chi connectivity index (χ4v) is 1.39. The second-order valence-electron chi connectivity index (χ2n) is 3.44. The molecule has 0 amide bonds. The third-order valence-electron chi connectivity index (χ3n) is 2.28. The van der Waals surface area contributed by atoms with E-state index in [0.29, 0.717) is 5.69 Å². The summed E-state index contributed by atoms with van der Waals surface area (Å²) in [5.74, 6) is -0.921. The number of hydrogen-bond acceptors (Lipinski definition) is 4. The number of aromatic nitrogens is 2. The quantitative estimate of drug-likeness (QED) is 0.867. The van der Waals surface area contributed by atoms with Crippen molar-refractivity contribution in [1.29, 1.82) is 0 Å². The van der Waals surface area contributed by atoms with Crippen LogP contribution in [-0.2, 0) is 0 Å². The third-order valence-corrected chi connectivity index (χ3v) is 2.28. The first-order valence-corrected chi connectivity index (χ1v) is 4.85. The second kappa shape index (κ2) is 4.32.